The lowest BCUT2D eigenvalue weighted by molar-refractivity contribution is -0.121. The Kier molecular flexibility index (Phi) is 8.65. The third-order valence-electron chi connectivity index (χ3n) is 4.03. The molecular formula is C23H24O7. The van der Waals surface area contributed by atoms with Gasteiger partial charge in [-0.1, -0.05) is 0 Å². The van der Waals surface area contributed by atoms with Crippen LogP contribution in [0.4, 0.5) is 0 Å². The molecule has 2 aromatic rings. The fraction of sp³-hybridized carbons (Fsp3) is 0.217. The van der Waals surface area contributed by atoms with Gasteiger partial charge in [-0.3, -0.25) is 9.59 Å². The average molecular weight is 412 g/mol. The zero-order valence-electron chi connectivity index (χ0n) is 17.1. The number of phenolic OH excluding ortho intramolecular Hbond substituents is 1. The second-order valence-corrected chi connectivity index (χ2v) is 6.16. The van der Waals surface area contributed by atoms with E-state index in [4.69, 9.17) is 18.9 Å². The van der Waals surface area contributed by atoms with Gasteiger partial charge in [0, 0.05) is 18.2 Å². The van der Waals surface area contributed by atoms with E-state index in [1.54, 1.807) is 36.4 Å². The molecule has 0 bridgehead atoms. The molecule has 0 aliphatic carbocycles. The van der Waals surface area contributed by atoms with Crippen molar-refractivity contribution in [1.82, 2.24) is 0 Å². The molecule has 1 N–H and O–H groups in total. The van der Waals surface area contributed by atoms with Crippen molar-refractivity contribution in [3.05, 3.63) is 59.7 Å². The molecule has 158 valence electrons. The number of rotatable bonds is 11. The number of carbonyl (C=O) groups is 2. The van der Waals surface area contributed by atoms with E-state index in [1.807, 2.05) is 0 Å². The third-order valence-corrected chi connectivity index (χ3v) is 4.03. The first-order valence-corrected chi connectivity index (χ1v) is 9.05. The molecule has 2 rings (SSSR count). The predicted octanol–water partition coefficient (Wildman–Crippen LogP) is 3.65. The summed E-state index contributed by atoms with van der Waals surface area (Å²) >= 11 is 0. The second-order valence-electron chi connectivity index (χ2n) is 6.16. The molecule has 0 atom stereocenters. The van der Waals surface area contributed by atoms with Crippen LogP contribution in [0.5, 0.6) is 23.0 Å². The van der Waals surface area contributed by atoms with Crippen molar-refractivity contribution in [2.75, 3.05) is 28.1 Å². The zero-order valence-corrected chi connectivity index (χ0v) is 17.1. The van der Waals surface area contributed by atoms with E-state index in [-0.39, 0.29) is 24.7 Å². The minimum absolute atomic E-state index is 0.00712. The standard InChI is InChI=1S/C23H24O7/c1-27-15-30-23-11-9-21(29-3)13-17(23)5-7-19(25)14-18(24)6-4-16-12-20(28-2)8-10-22(16)26/h4-13,26H,14-15H2,1-3H3/b6-4+,7-5+. The van der Waals surface area contributed by atoms with Crippen molar-refractivity contribution >= 4 is 23.7 Å². The summed E-state index contributed by atoms with van der Waals surface area (Å²) in [5, 5.41) is 9.84. The number of phenols is 1. The van der Waals surface area contributed by atoms with E-state index >= 15 is 0 Å². The normalized spacial score (nSPS) is 11.0. The fourth-order valence-electron chi connectivity index (χ4n) is 2.49. The van der Waals surface area contributed by atoms with Crippen LogP contribution in [-0.2, 0) is 14.3 Å². The number of aromatic hydroxyl groups is 1. The second kappa shape index (κ2) is 11.4. The maximum atomic E-state index is 12.2. The number of hydrogen-bond donors (Lipinski definition) is 1. The van der Waals surface area contributed by atoms with Gasteiger partial charge in [0.2, 0.25) is 0 Å². The van der Waals surface area contributed by atoms with Crippen molar-refractivity contribution in [2.24, 2.45) is 0 Å². The number of ether oxygens (including phenoxy) is 4. The molecule has 0 fully saturated rings. The Morgan fingerprint density at radius 3 is 2.03 bits per heavy atom. The van der Waals surface area contributed by atoms with Gasteiger partial charge in [-0.05, 0) is 60.7 Å². The molecule has 7 nitrogen and oxygen atoms in total. The largest absolute Gasteiger partial charge is 0.507 e. The van der Waals surface area contributed by atoms with Crippen LogP contribution >= 0.6 is 0 Å². The van der Waals surface area contributed by atoms with Crippen molar-refractivity contribution < 1.29 is 33.6 Å². The summed E-state index contributed by atoms with van der Waals surface area (Å²) < 4.78 is 20.6. The highest BCUT2D eigenvalue weighted by Crippen LogP contribution is 2.26. The van der Waals surface area contributed by atoms with Gasteiger partial charge >= 0.3 is 0 Å². The smallest absolute Gasteiger partial charge is 0.188 e. The van der Waals surface area contributed by atoms with Crippen LogP contribution in [0.15, 0.2) is 48.6 Å². The Labute approximate surface area is 175 Å². The van der Waals surface area contributed by atoms with Crippen LogP contribution in [-0.4, -0.2) is 44.8 Å². The molecule has 30 heavy (non-hydrogen) atoms. The van der Waals surface area contributed by atoms with Gasteiger partial charge in [-0.2, -0.15) is 0 Å². The van der Waals surface area contributed by atoms with Crippen LogP contribution in [0, 0.1) is 0 Å². The monoisotopic (exact) mass is 412 g/mol. The summed E-state index contributed by atoms with van der Waals surface area (Å²) in [5.74, 6) is 0.898. The first-order valence-electron chi connectivity index (χ1n) is 9.05. The number of ketones is 2. The van der Waals surface area contributed by atoms with Crippen LogP contribution in [0.25, 0.3) is 12.2 Å². The van der Waals surface area contributed by atoms with Gasteiger partial charge in [0.15, 0.2) is 18.4 Å². The van der Waals surface area contributed by atoms with Crippen LogP contribution in [0.3, 0.4) is 0 Å². The lowest BCUT2D eigenvalue weighted by atomic mass is 10.1. The number of benzene rings is 2. The lowest BCUT2D eigenvalue weighted by Crippen LogP contribution is -2.03. The van der Waals surface area contributed by atoms with Crippen molar-refractivity contribution in [3.8, 4) is 23.0 Å². The highest BCUT2D eigenvalue weighted by atomic mass is 16.7. The molecule has 7 heteroatoms. The molecule has 0 saturated carbocycles. The van der Waals surface area contributed by atoms with Crippen LogP contribution in [0.1, 0.15) is 17.5 Å². The molecule has 0 aromatic heterocycles. The first kappa shape index (κ1) is 22.7. The predicted molar refractivity (Wildman–Crippen MR) is 113 cm³/mol. The topological polar surface area (TPSA) is 91.3 Å². The Hall–Kier alpha value is -3.58. The van der Waals surface area contributed by atoms with Gasteiger partial charge in [0.05, 0.1) is 20.6 Å². The highest BCUT2D eigenvalue weighted by molar-refractivity contribution is 6.11. The van der Waals surface area contributed by atoms with E-state index in [9.17, 15) is 14.7 Å². The van der Waals surface area contributed by atoms with Crippen molar-refractivity contribution in [3.63, 3.8) is 0 Å². The summed E-state index contributed by atoms with van der Waals surface area (Å²) in [7, 11) is 4.55. The molecule has 0 spiro atoms. The van der Waals surface area contributed by atoms with Gasteiger partial charge in [-0.25, -0.2) is 0 Å². The summed E-state index contributed by atoms with van der Waals surface area (Å²) in [6.45, 7) is 0.0571. The molecule has 0 unspecified atom stereocenters. The zero-order chi connectivity index (χ0) is 21.9. The van der Waals surface area contributed by atoms with E-state index in [1.165, 1.54) is 45.6 Å². The fourth-order valence-corrected chi connectivity index (χ4v) is 2.49. The number of hydrogen-bond acceptors (Lipinski definition) is 7. The number of allylic oxidation sites excluding steroid dienone is 2. The molecule has 0 radical (unpaired) electrons. The first-order chi connectivity index (χ1) is 14.5. The van der Waals surface area contributed by atoms with Crippen molar-refractivity contribution in [2.45, 2.75) is 6.42 Å². The van der Waals surface area contributed by atoms with Gasteiger partial charge in [-0.15, -0.1) is 0 Å². The maximum absolute atomic E-state index is 12.2. The molecule has 0 aliphatic rings. The molecular weight excluding hydrogens is 388 g/mol. The minimum atomic E-state index is -0.395. The van der Waals surface area contributed by atoms with Gasteiger partial charge in [0.1, 0.15) is 23.0 Å². The molecule has 0 heterocycles. The Morgan fingerprint density at radius 1 is 0.867 bits per heavy atom. The summed E-state index contributed by atoms with van der Waals surface area (Å²) in [5.41, 5.74) is 1.03. The quantitative estimate of drug-likeness (QED) is 0.342. The minimum Gasteiger partial charge on any atom is -0.507 e. The number of carbonyl (C=O) groups excluding carboxylic acids is 2. The Morgan fingerprint density at radius 2 is 1.43 bits per heavy atom. The SMILES string of the molecule is COCOc1ccc(OC)cc1/C=C/C(=O)CC(=O)/C=C/c1cc(OC)ccc1O. The summed E-state index contributed by atoms with van der Waals surface area (Å²) in [6, 6.07) is 9.80. The van der Waals surface area contributed by atoms with Gasteiger partial charge < -0.3 is 24.1 Å². The van der Waals surface area contributed by atoms with Crippen LogP contribution in [0.2, 0.25) is 0 Å². The molecule has 2 aromatic carbocycles. The molecule has 0 aliphatic heterocycles. The van der Waals surface area contributed by atoms with Crippen LogP contribution < -0.4 is 14.2 Å². The van der Waals surface area contributed by atoms with Gasteiger partial charge in [0.25, 0.3) is 0 Å². The Balaban J connectivity index is 2.04. The van der Waals surface area contributed by atoms with E-state index < -0.39 is 5.78 Å². The Bertz CT molecular complexity index is 945. The average Bonchev–Trinajstić information content (AvgIpc) is 2.75. The van der Waals surface area contributed by atoms with E-state index in [0.717, 1.165) is 0 Å². The van der Waals surface area contributed by atoms with E-state index in [2.05, 4.69) is 0 Å². The molecule has 0 saturated heterocycles. The summed E-state index contributed by atoms with van der Waals surface area (Å²) in [6.07, 6.45) is 5.24. The van der Waals surface area contributed by atoms with Crippen molar-refractivity contribution in [1.29, 1.82) is 0 Å². The number of methoxy groups -OCH3 is 3. The highest BCUT2D eigenvalue weighted by Gasteiger charge is 2.07. The van der Waals surface area contributed by atoms with E-state index in [0.29, 0.717) is 28.4 Å². The third kappa shape index (κ3) is 6.79. The molecule has 0 amide bonds. The lowest BCUT2D eigenvalue weighted by Gasteiger charge is -2.09. The summed E-state index contributed by atoms with van der Waals surface area (Å²) in [4.78, 5) is 24.3. The maximum Gasteiger partial charge on any atom is 0.188 e.